The fourth-order valence-electron chi connectivity index (χ4n) is 1.19. The van der Waals surface area contributed by atoms with Gasteiger partial charge in [0.25, 0.3) is 0 Å². The van der Waals surface area contributed by atoms with Gasteiger partial charge in [-0.3, -0.25) is 9.78 Å². The largest absolute Gasteiger partial charge is 0.479 e. The van der Waals surface area contributed by atoms with Crippen molar-refractivity contribution in [1.29, 1.82) is 0 Å². The van der Waals surface area contributed by atoms with E-state index < -0.39 is 12.1 Å². The van der Waals surface area contributed by atoms with Crippen LogP contribution in [0.1, 0.15) is 12.0 Å². The standard InChI is InChI=1S/C11H14N2O4/c14-9(11(16)17)7-13-10(15)2-1-8-3-5-12-6-4-8/h3-6,9,14H,1-2,7H2,(H,13,15)(H,16,17)/t9-/m0/s1. The van der Waals surface area contributed by atoms with Crippen LogP contribution >= 0.6 is 0 Å². The van der Waals surface area contributed by atoms with E-state index in [-0.39, 0.29) is 18.9 Å². The van der Waals surface area contributed by atoms with Crippen molar-refractivity contribution in [3.8, 4) is 0 Å². The predicted octanol–water partition coefficient (Wildman–Crippen LogP) is -0.424. The smallest absolute Gasteiger partial charge is 0.334 e. The number of rotatable bonds is 6. The van der Waals surface area contributed by atoms with Gasteiger partial charge < -0.3 is 15.5 Å². The van der Waals surface area contributed by atoms with E-state index in [9.17, 15) is 9.59 Å². The summed E-state index contributed by atoms with van der Waals surface area (Å²) in [6.45, 7) is -0.273. The number of amides is 1. The predicted molar refractivity (Wildman–Crippen MR) is 59.2 cm³/mol. The Morgan fingerprint density at radius 3 is 2.59 bits per heavy atom. The Bertz CT molecular complexity index is 380. The Balaban J connectivity index is 2.24. The molecule has 0 bridgehead atoms. The second-order valence-corrected chi connectivity index (χ2v) is 3.51. The van der Waals surface area contributed by atoms with Crippen LogP contribution in [-0.4, -0.2) is 39.7 Å². The highest BCUT2D eigenvalue weighted by Crippen LogP contribution is 2.00. The van der Waals surface area contributed by atoms with Crippen LogP contribution in [0.3, 0.4) is 0 Å². The lowest BCUT2D eigenvalue weighted by molar-refractivity contribution is -0.146. The van der Waals surface area contributed by atoms with Gasteiger partial charge in [0.15, 0.2) is 6.10 Å². The minimum absolute atomic E-state index is 0.246. The molecule has 0 aromatic carbocycles. The Morgan fingerprint density at radius 2 is 2.00 bits per heavy atom. The van der Waals surface area contributed by atoms with E-state index in [1.165, 1.54) is 0 Å². The lowest BCUT2D eigenvalue weighted by Gasteiger charge is -2.07. The number of hydrogen-bond acceptors (Lipinski definition) is 4. The van der Waals surface area contributed by atoms with Gasteiger partial charge in [-0.2, -0.15) is 0 Å². The Hall–Kier alpha value is -1.95. The number of hydrogen-bond donors (Lipinski definition) is 3. The van der Waals surface area contributed by atoms with Crippen molar-refractivity contribution < 1.29 is 19.8 Å². The lowest BCUT2D eigenvalue weighted by atomic mass is 10.1. The van der Waals surface area contributed by atoms with Crippen molar-refractivity contribution >= 4 is 11.9 Å². The highest BCUT2D eigenvalue weighted by molar-refractivity contribution is 5.78. The molecule has 1 aromatic heterocycles. The Labute approximate surface area is 98.3 Å². The van der Waals surface area contributed by atoms with Gasteiger partial charge in [-0.1, -0.05) is 0 Å². The summed E-state index contributed by atoms with van der Waals surface area (Å²) in [5.41, 5.74) is 0.980. The van der Waals surface area contributed by atoms with E-state index in [0.717, 1.165) is 5.56 Å². The molecule has 6 nitrogen and oxygen atoms in total. The molecule has 92 valence electrons. The van der Waals surface area contributed by atoms with Crippen LogP contribution in [-0.2, 0) is 16.0 Å². The van der Waals surface area contributed by atoms with E-state index >= 15 is 0 Å². The molecule has 1 amide bonds. The van der Waals surface area contributed by atoms with Crippen molar-refractivity contribution in [3.63, 3.8) is 0 Å². The lowest BCUT2D eigenvalue weighted by Crippen LogP contribution is -2.36. The maximum Gasteiger partial charge on any atom is 0.334 e. The average Bonchev–Trinajstić information content (AvgIpc) is 2.34. The summed E-state index contributed by atoms with van der Waals surface area (Å²) >= 11 is 0. The van der Waals surface area contributed by atoms with Gasteiger partial charge in [0.1, 0.15) is 0 Å². The fraction of sp³-hybridized carbons (Fsp3) is 0.364. The molecule has 3 N–H and O–H groups in total. The van der Waals surface area contributed by atoms with Crippen LogP contribution in [0.25, 0.3) is 0 Å². The number of aryl methyl sites for hydroxylation is 1. The molecule has 1 aromatic rings. The zero-order valence-electron chi connectivity index (χ0n) is 9.17. The molecular weight excluding hydrogens is 224 g/mol. The summed E-state index contributed by atoms with van der Waals surface area (Å²) in [6, 6.07) is 3.61. The minimum Gasteiger partial charge on any atom is -0.479 e. The van der Waals surface area contributed by atoms with Crippen LogP contribution in [0.2, 0.25) is 0 Å². The highest BCUT2D eigenvalue weighted by atomic mass is 16.4. The van der Waals surface area contributed by atoms with Crippen LogP contribution in [0.5, 0.6) is 0 Å². The van der Waals surface area contributed by atoms with Crippen molar-refractivity contribution in [2.24, 2.45) is 0 Å². The molecule has 1 rings (SSSR count). The molecule has 1 atom stereocenters. The van der Waals surface area contributed by atoms with E-state index in [4.69, 9.17) is 10.2 Å². The average molecular weight is 238 g/mol. The van der Waals surface area contributed by atoms with Gasteiger partial charge in [0.05, 0.1) is 6.54 Å². The minimum atomic E-state index is -1.56. The molecule has 0 fully saturated rings. The first-order chi connectivity index (χ1) is 8.09. The maximum absolute atomic E-state index is 11.3. The second kappa shape index (κ2) is 6.59. The van der Waals surface area contributed by atoms with Crippen molar-refractivity contribution in [1.82, 2.24) is 10.3 Å². The molecule has 0 radical (unpaired) electrons. The number of carboxylic acid groups (broad SMARTS) is 1. The third kappa shape index (κ3) is 5.07. The van der Waals surface area contributed by atoms with Crippen molar-refractivity contribution in [3.05, 3.63) is 30.1 Å². The third-order valence-electron chi connectivity index (χ3n) is 2.17. The number of pyridine rings is 1. The molecule has 0 aliphatic heterocycles. The fourth-order valence-corrected chi connectivity index (χ4v) is 1.19. The molecule has 0 unspecified atom stereocenters. The van der Waals surface area contributed by atoms with E-state index in [1.807, 2.05) is 0 Å². The van der Waals surface area contributed by atoms with Crippen molar-refractivity contribution in [2.45, 2.75) is 18.9 Å². The topological polar surface area (TPSA) is 99.5 Å². The first kappa shape index (κ1) is 13.1. The Morgan fingerprint density at radius 1 is 1.35 bits per heavy atom. The zero-order valence-corrected chi connectivity index (χ0v) is 9.17. The number of nitrogens with zero attached hydrogens (tertiary/aromatic N) is 1. The monoisotopic (exact) mass is 238 g/mol. The zero-order chi connectivity index (χ0) is 12.7. The van der Waals surface area contributed by atoms with Gasteiger partial charge in [-0.25, -0.2) is 4.79 Å². The highest BCUT2D eigenvalue weighted by Gasteiger charge is 2.13. The molecule has 0 spiro atoms. The van der Waals surface area contributed by atoms with Crippen LogP contribution in [0, 0.1) is 0 Å². The van der Waals surface area contributed by atoms with Gasteiger partial charge >= 0.3 is 5.97 Å². The maximum atomic E-state index is 11.3. The number of carboxylic acids is 1. The first-order valence-corrected chi connectivity index (χ1v) is 5.16. The first-order valence-electron chi connectivity index (χ1n) is 5.16. The molecule has 0 saturated heterocycles. The summed E-state index contributed by atoms with van der Waals surface area (Å²) < 4.78 is 0. The van der Waals surface area contributed by atoms with Crippen LogP contribution in [0.15, 0.2) is 24.5 Å². The van der Waals surface area contributed by atoms with Gasteiger partial charge in [0.2, 0.25) is 5.91 Å². The molecule has 6 heteroatoms. The molecule has 1 heterocycles. The number of aliphatic hydroxyl groups excluding tert-OH is 1. The van der Waals surface area contributed by atoms with Crippen molar-refractivity contribution in [2.75, 3.05) is 6.54 Å². The quantitative estimate of drug-likeness (QED) is 0.625. The second-order valence-electron chi connectivity index (χ2n) is 3.51. The van der Waals surface area contributed by atoms with Gasteiger partial charge in [0, 0.05) is 18.8 Å². The summed E-state index contributed by atoms with van der Waals surface area (Å²) in [7, 11) is 0. The molecular formula is C11H14N2O4. The normalized spacial score (nSPS) is 11.8. The molecule has 0 saturated carbocycles. The number of aromatic nitrogens is 1. The van der Waals surface area contributed by atoms with E-state index in [0.29, 0.717) is 6.42 Å². The third-order valence-corrected chi connectivity index (χ3v) is 2.17. The molecule has 17 heavy (non-hydrogen) atoms. The Kier molecular flexibility index (Phi) is 5.09. The summed E-state index contributed by atoms with van der Waals surface area (Å²) in [5, 5.41) is 19.7. The number of aliphatic hydroxyl groups is 1. The van der Waals surface area contributed by atoms with Gasteiger partial charge in [-0.15, -0.1) is 0 Å². The summed E-state index contributed by atoms with van der Waals surface area (Å²) in [6.07, 6.45) is 2.52. The molecule has 0 aliphatic carbocycles. The van der Waals surface area contributed by atoms with E-state index in [2.05, 4.69) is 10.3 Å². The van der Waals surface area contributed by atoms with E-state index in [1.54, 1.807) is 24.5 Å². The van der Waals surface area contributed by atoms with Crippen LogP contribution in [0.4, 0.5) is 0 Å². The van der Waals surface area contributed by atoms with Gasteiger partial charge in [-0.05, 0) is 24.1 Å². The SMILES string of the molecule is O=C(CCc1ccncc1)NC[C@H](O)C(=O)O. The number of carbonyl (C=O) groups is 2. The molecule has 0 aliphatic rings. The number of carbonyl (C=O) groups excluding carboxylic acids is 1. The number of aliphatic carboxylic acids is 1. The summed E-state index contributed by atoms with van der Waals surface area (Å²) in [4.78, 5) is 25.4. The summed E-state index contributed by atoms with van der Waals surface area (Å²) in [5.74, 6) is -1.64. The van der Waals surface area contributed by atoms with Crippen LogP contribution < -0.4 is 5.32 Å². The number of nitrogens with one attached hydrogen (secondary N) is 1.